The molecule has 0 spiro atoms. The van der Waals surface area contributed by atoms with Gasteiger partial charge in [0.05, 0.1) is 0 Å². The Morgan fingerprint density at radius 3 is 2.71 bits per heavy atom. The molecule has 1 nitrogen and oxygen atoms in total. The lowest BCUT2D eigenvalue weighted by atomic mass is 9.71. The summed E-state index contributed by atoms with van der Waals surface area (Å²) in [6.07, 6.45) is 9.44. The summed E-state index contributed by atoms with van der Waals surface area (Å²) in [6, 6.07) is 0.444. The second-order valence-corrected chi connectivity index (χ2v) is 5.87. The van der Waals surface area contributed by atoms with Crippen LogP contribution < -0.4 is 5.73 Å². The maximum absolute atomic E-state index is 5.96. The van der Waals surface area contributed by atoms with E-state index < -0.39 is 0 Å². The van der Waals surface area contributed by atoms with Crippen LogP contribution in [0, 0.1) is 11.3 Å². The lowest BCUT2D eigenvalue weighted by Crippen LogP contribution is -2.25. The Kier molecular flexibility index (Phi) is 4.43. The first-order valence-corrected chi connectivity index (χ1v) is 6.29. The second-order valence-electron chi connectivity index (χ2n) is 5.87. The molecular weight excluding hydrogens is 170 g/mol. The molecule has 1 heteroatoms. The highest BCUT2D eigenvalue weighted by molar-refractivity contribution is 4.80. The quantitative estimate of drug-likeness (QED) is 0.730. The lowest BCUT2D eigenvalue weighted by Gasteiger charge is -2.35. The second kappa shape index (κ2) is 5.16. The Bertz CT molecular complexity index is 163. The Balaban J connectivity index is 2.24. The summed E-state index contributed by atoms with van der Waals surface area (Å²) in [5.74, 6) is 0.955. The molecule has 1 saturated carbocycles. The summed E-state index contributed by atoms with van der Waals surface area (Å²) in [6.45, 7) is 7.02. The van der Waals surface area contributed by atoms with Crippen molar-refractivity contribution in [1.29, 1.82) is 0 Å². The van der Waals surface area contributed by atoms with Crippen LogP contribution in [0.4, 0.5) is 0 Å². The van der Waals surface area contributed by atoms with E-state index in [1.165, 1.54) is 38.5 Å². The molecule has 0 bridgehead atoms. The third-order valence-corrected chi connectivity index (χ3v) is 3.78. The standard InChI is InChI=1S/C13H27N/c1-4-12(14)8-7-11-6-5-9-13(2,3)10-11/h11-12H,4-10,14H2,1-3H3. The molecule has 1 aliphatic carbocycles. The van der Waals surface area contributed by atoms with E-state index in [9.17, 15) is 0 Å². The van der Waals surface area contributed by atoms with Crippen LogP contribution in [-0.2, 0) is 0 Å². The minimum Gasteiger partial charge on any atom is -0.328 e. The van der Waals surface area contributed by atoms with Crippen LogP contribution >= 0.6 is 0 Å². The third kappa shape index (κ3) is 4.00. The molecule has 0 radical (unpaired) electrons. The van der Waals surface area contributed by atoms with Crippen LogP contribution in [-0.4, -0.2) is 6.04 Å². The van der Waals surface area contributed by atoms with Gasteiger partial charge in [0.15, 0.2) is 0 Å². The summed E-state index contributed by atoms with van der Waals surface area (Å²) in [4.78, 5) is 0. The minimum absolute atomic E-state index is 0.444. The first kappa shape index (κ1) is 12.0. The predicted molar refractivity (Wildman–Crippen MR) is 63.2 cm³/mol. The molecule has 0 heterocycles. The first-order chi connectivity index (χ1) is 6.53. The average molecular weight is 197 g/mol. The highest BCUT2D eigenvalue weighted by atomic mass is 14.6. The first-order valence-electron chi connectivity index (χ1n) is 6.29. The van der Waals surface area contributed by atoms with Gasteiger partial charge in [0, 0.05) is 6.04 Å². The van der Waals surface area contributed by atoms with E-state index in [4.69, 9.17) is 5.73 Å². The van der Waals surface area contributed by atoms with Crippen LogP contribution in [0.15, 0.2) is 0 Å². The zero-order valence-corrected chi connectivity index (χ0v) is 10.2. The van der Waals surface area contributed by atoms with Crippen molar-refractivity contribution in [3.63, 3.8) is 0 Å². The molecule has 84 valence electrons. The number of nitrogens with two attached hydrogens (primary N) is 1. The molecule has 1 aliphatic rings. The molecule has 0 saturated heterocycles. The molecule has 1 rings (SSSR count). The van der Waals surface area contributed by atoms with Gasteiger partial charge < -0.3 is 5.73 Å². The van der Waals surface area contributed by atoms with Gasteiger partial charge >= 0.3 is 0 Å². The van der Waals surface area contributed by atoms with E-state index in [0.717, 1.165) is 12.3 Å². The Hall–Kier alpha value is -0.0400. The molecule has 14 heavy (non-hydrogen) atoms. The molecule has 0 amide bonds. The number of hydrogen-bond acceptors (Lipinski definition) is 1. The summed E-state index contributed by atoms with van der Waals surface area (Å²) in [5.41, 5.74) is 6.55. The summed E-state index contributed by atoms with van der Waals surface area (Å²) >= 11 is 0. The van der Waals surface area contributed by atoms with Crippen molar-refractivity contribution in [2.45, 2.75) is 71.8 Å². The maximum Gasteiger partial charge on any atom is 0.00363 e. The fraction of sp³-hybridized carbons (Fsp3) is 1.00. The molecule has 1 fully saturated rings. The zero-order chi connectivity index (χ0) is 10.6. The molecule has 0 aromatic heterocycles. The van der Waals surface area contributed by atoms with Crippen LogP contribution in [0.1, 0.15) is 65.7 Å². The van der Waals surface area contributed by atoms with Crippen LogP contribution in [0.2, 0.25) is 0 Å². The molecule has 0 aromatic rings. The van der Waals surface area contributed by atoms with Crippen molar-refractivity contribution in [1.82, 2.24) is 0 Å². The molecule has 2 atom stereocenters. The maximum atomic E-state index is 5.96. The van der Waals surface area contributed by atoms with E-state index in [1.54, 1.807) is 0 Å². The van der Waals surface area contributed by atoms with Gasteiger partial charge in [-0.25, -0.2) is 0 Å². The van der Waals surface area contributed by atoms with Crippen molar-refractivity contribution in [3.05, 3.63) is 0 Å². The molecule has 2 unspecified atom stereocenters. The fourth-order valence-electron chi connectivity index (χ4n) is 2.76. The number of rotatable bonds is 4. The van der Waals surface area contributed by atoms with E-state index in [0.29, 0.717) is 11.5 Å². The van der Waals surface area contributed by atoms with Gasteiger partial charge in [0.25, 0.3) is 0 Å². The predicted octanol–water partition coefficient (Wildman–Crippen LogP) is 3.72. The van der Waals surface area contributed by atoms with Crippen molar-refractivity contribution < 1.29 is 0 Å². The number of hydrogen-bond donors (Lipinski definition) is 1. The van der Waals surface area contributed by atoms with Gasteiger partial charge in [-0.2, -0.15) is 0 Å². The molecule has 0 aromatic carbocycles. The highest BCUT2D eigenvalue weighted by Crippen LogP contribution is 2.40. The van der Waals surface area contributed by atoms with Crippen molar-refractivity contribution in [2.75, 3.05) is 0 Å². The zero-order valence-electron chi connectivity index (χ0n) is 10.2. The van der Waals surface area contributed by atoms with Gasteiger partial charge in [-0.15, -0.1) is 0 Å². The third-order valence-electron chi connectivity index (χ3n) is 3.78. The van der Waals surface area contributed by atoms with Gasteiger partial charge in [-0.1, -0.05) is 33.6 Å². The monoisotopic (exact) mass is 197 g/mol. The minimum atomic E-state index is 0.444. The van der Waals surface area contributed by atoms with Gasteiger partial charge in [-0.05, 0) is 43.4 Å². The highest BCUT2D eigenvalue weighted by Gasteiger charge is 2.27. The average Bonchev–Trinajstić information content (AvgIpc) is 2.12. The van der Waals surface area contributed by atoms with Gasteiger partial charge in [-0.3, -0.25) is 0 Å². The SMILES string of the molecule is CCC(N)CCC1CCCC(C)(C)C1. The summed E-state index contributed by atoms with van der Waals surface area (Å²) < 4.78 is 0. The molecule has 2 N–H and O–H groups in total. The Morgan fingerprint density at radius 1 is 1.43 bits per heavy atom. The van der Waals surface area contributed by atoms with Crippen molar-refractivity contribution in [2.24, 2.45) is 17.1 Å². The molecular formula is C13H27N. The van der Waals surface area contributed by atoms with Crippen LogP contribution in [0.25, 0.3) is 0 Å². The summed E-state index contributed by atoms with van der Waals surface area (Å²) in [5, 5.41) is 0. The van der Waals surface area contributed by atoms with Crippen LogP contribution in [0.3, 0.4) is 0 Å². The Labute approximate surface area is 89.5 Å². The smallest absolute Gasteiger partial charge is 0.00363 e. The topological polar surface area (TPSA) is 26.0 Å². The van der Waals surface area contributed by atoms with E-state index in [1.807, 2.05) is 0 Å². The van der Waals surface area contributed by atoms with E-state index >= 15 is 0 Å². The van der Waals surface area contributed by atoms with E-state index in [-0.39, 0.29) is 0 Å². The molecule has 0 aliphatic heterocycles. The fourth-order valence-corrected chi connectivity index (χ4v) is 2.76. The van der Waals surface area contributed by atoms with Crippen molar-refractivity contribution >= 4 is 0 Å². The van der Waals surface area contributed by atoms with Crippen LogP contribution in [0.5, 0.6) is 0 Å². The normalized spacial score (nSPS) is 28.7. The van der Waals surface area contributed by atoms with Gasteiger partial charge in [0.1, 0.15) is 0 Å². The van der Waals surface area contributed by atoms with Gasteiger partial charge in [0.2, 0.25) is 0 Å². The lowest BCUT2D eigenvalue weighted by molar-refractivity contribution is 0.169. The van der Waals surface area contributed by atoms with E-state index in [2.05, 4.69) is 20.8 Å². The Morgan fingerprint density at radius 2 is 2.14 bits per heavy atom. The largest absolute Gasteiger partial charge is 0.328 e. The van der Waals surface area contributed by atoms with Crippen molar-refractivity contribution in [3.8, 4) is 0 Å². The summed E-state index contributed by atoms with van der Waals surface area (Å²) in [7, 11) is 0.